The molecule has 0 spiro atoms. The number of nitrogens with two attached hydrogens (primary N) is 1. The molecule has 168 valence electrons. The zero-order valence-electron chi connectivity index (χ0n) is 18.8. The predicted octanol–water partition coefficient (Wildman–Crippen LogP) is 6.06. The van der Waals surface area contributed by atoms with E-state index < -0.39 is 0 Å². The van der Waals surface area contributed by atoms with E-state index in [4.69, 9.17) is 10.5 Å². The fraction of sp³-hybridized carbons (Fsp3) is 0.346. The van der Waals surface area contributed by atoms with Crippen LogP contribution in [0.1, 0.15) is 42.7 Å². The van der Waals surface area contributed by atoms with E-state index in [-0.39, 0.29) is 11.8 Å². The van der Waals surface area contributed by atoms with Crippen LogP contribution in [0.3, 0.4) is 0 Å². The number of benzene rings is 2. The summed E-state index contributed by atoms with van der Waals surface area (Å²) in [4.78, 5) is 16.2. The quantitative estimate of drug-likeness (QED) is 0.439. The van der Waals surface area contributed by atoms with Crippen LogP contribution >= 0.6 is 11.3 Å². The largest absolute Gasteiger partial charge is 0.457 e. The fourth-order valence-electron chi connectivity index (χ4n) is 4.17. The number of fused-ring (bicyclic) bond motifs is 1. The summed E-state index contributed by atoms with van der Waals surface area (Å²) in [5.41, 5.74) is 9.58. The first-order chi connectivity index (χ1) is 15.6. The van der Waals surface area contributed by atoms with Crippen LogP contribution in [-0.2, 0) is 24.3 Å². The van der Waals surface area contributed by atoms with Crippen molar-refractivity contribution >= 4 is 27.9 Å². The van der Waals surface area contributed by atoms with Crippen molar-refractivity contribution in [3.63, 3.8) is 0 Å². The summed E-state index contributed by atoms with van der Waals surface area (Å²) < 4.78 is 5.98. The van der Waals surface area contributed by atoms with Crippen LogP contribution in [0.5, 0.6) is 11.5 Å². The first kappa shape index (κ1) is 22.4. The van der Waals surface area contributed by atoms with E-state index in [1.165, 1.54) is 16.0 Å². The van der Waals surface area contributed by atoms with Crippen molar-refractivity contribution < 1.29 is 9.53 Å². The van der Waals surface area contributed by atoms with E-state index in [0.29, 0.717) is 0 Å². The minimum absolute atomic E-state index is 0.0374. The zero-order chi connectivity index (χ0) is 22.5. The third-order valence-electron chi connectivity index (χ3n) is 6.05. The maximum atomic E-state index is 12.5. The van der Waals surface area contributed by atoms with Crippen LogP contribution < -0.4 is 15.8 Å². The Morgan fingerprint density at radius 2 is 1.88 bits per heavy atom. The lowest BCUT2D eigenvalue weighted by molar-refractivity contribution is -0.120. The second-order valence-electron chi connectivity index (χ2n) is 8.27. The van der Waals surface area contributed by atoms with Gasteiger partial charge in [-0.15, -0.1) is 11.3 Å². The van der Waals surface area contributed by atoms with E-state index in [1.807, 2.05) is 56.3 Å². The Bertz CT molecular complexity index is 1060. The smallest absolute Gasteiger partial charge is 0.228 e. The molecule has 1 aliphatic rings. The molecule has 6 heteroatoms. The minimum atomic E-state index is 0.0374. The number of hydrogen-bond acceptors (Lipinski definition) is 5. The van der Waals surface area contributed by atoms with Crippen LogP contribution in [0, 0.1) is 5.92 Å². The first-order valence-corrected chi connectivity index (χ1v) is 12.1. The van der Waals surface area contributed by atoms with Crippen LogP contribution in [0.2, 0.25) is 0 Å². The Morgan fingerprint density at radius 3 is 2.62 bits per heavy atom. The van der Waals surface area contributed by atoms with Crippen LogP contribution in [0.15, 0.2) is 54.6 Å². The Balaban J connectivity index is 1.42. The molecular formula is C26H31N3O2S. The number of anilines is 2. The van der Waals surface area contributed by atoms with Crippen molar-refractivity contribution in [3.8, 4) is 11.5 Å². The summed E-state index contributed by atoms with van der Waals surface area (Å²) in [5, 5.41) is 3.90. The summed E-state index contributed by atoms with van der Waals surface area (Å²) >= 11 is 1.62. The average Bonchev–Trinajstić information content (AvgIpc) is 3.10. The van der Waals surface area contributed by atoms with Gasteiger partial charge in [-0.2, -0.15) is 0 Å². The predicted molar refractivity (Wildman–Crippen MR) is 132 cm³/mol. The van der Waals surface area contributed by atoms with Crippen molar-refractivity contribution in [2.45, 2.75) is 46.2 Å². The van der Waals surface area contributed by atoms with Gasteiger partial charge in [0.1, 0.15) is 16.5 Å². The molecule has 2 heterocycles. The Kier molecular flexibility index (Phi) is 7.12. The molecule has 0 saturated heterocycles. The van der Waals surface area contributed by atoms with Gasteiger partial charge in [0.2, 0.25) is 5.91 Å². The number of nitrogen functional groups attached to an aromatic ring is 1. The Hall–Kier alpha value is -2.83. The zero-order valence-corrected chi connectivity index (χ0v) is 19.6. The topological polar surface area (TPSA) is 67.6 Å². The van der Waals surface area contributed by atoms with Gasteiger partial charge >= 0.3 is 0 Å². The van der Waals surface area contributed by atoms with E-state index in [2.05, 4.69) is 22.3 Å². The van der Waals surface area contributed by atoms with Gasteiger partial charge in [-0.25, -0.2) is 0 Å². The summed E-state index contributed by atoms with van der Waals surface area (Å²) in [5.74, 6) is 1.80. The molecule has 1 aromatic heterocycles. The highest BCUT2D eigenvalue weighted by molar-refractivity contribution is 7.17. The Labute approximate surface area is 194 Å². The molecule has 3 N–H and O–H groups in total. The Morgan fingerprint density at radius 1 is 1.12 bits per heavy atom. The fourth-order valence-corrected chi connectivity index (χ4v) is 5.39. The lowest BCUT2D eigenvalue weighted by Crippen LogP contribution is -2.29. The molecule has 0 atom stereocenters. The second-order valence-corrected chi connectivity index (χ2v) is 9.38. The molecular weight excluding hydrogens is 418 g/mol. The number of thiophene rings is 1. The van der Waals surface area contributed by atoms with Crippen molar-refractivity contribution in [3.05, 3.63) is 70.6 Å². The summed E-state index contributed by atoms with van der Waals surface area (Å²) in [6.45, 7) is 6.73. The standard InChI is InChI=1S/C26H31N3O2S/c1-3-19(4-2)25(30)28-26-24(27)22-13-14-29(17-23(22)32-26)16-18-9-8-12-21(15-18)31-20-10-6-5-7-11-20/h5-12,15,19H,3-4,13-14,16-17,27H2,1-2H3,(H,28,30). The molecule has 32 heavy (non-hydrogen) atoms. The monoisotopic (exact) mass is 449 g/mol. The summed E-state index contributed by atoms with van der Waals surface area (Å²) in [7, 11) is 0. The maximum absolute atomic E-state index is 12.5. The molecule has 4 rings (SSSR count). The second kappa shape index (κ2) is 10.2. The molecule has 0 fully saturated rings. The lowest BCUT2D eigenvalue weighted by atomic mass is 10.0. The van der Waals surface area contributed by atoms with Crippen molar-refractivity contribution in [1.82, 2.24) is 4.90 Å². The normalized spacial score (nSPS) is 13.7. The molecule has 0 bridgehead atoms. The maximum Gasteiger partial charge on any atom is 0.228 e. The number of para-hydroxylation sites is 1. The van der Waals surface area contributed by atoms with Gasteiger partial charge in [0.05, 0.1) is 5.69 Å². The third kappa shape index (κ3) is 5.14. The summed E-state index contributed by atoms with van der Waals surface area (Å²) in [6, 6.07) is 18.1. The van der Waals surface area contributed by atoms with Crippen molar-refractivity contribution in [2.75, 3.05) is 17.6 Å². The number of nitrogens with one attached hydrogen (secondary N) is 1. The number of ether oxygens (including phenoxy) is 1. The molecule has 0 aliphatic carbocycles. The highest BCUT2D eigenvalue weighted by atomic mass is 32.1. The van der Waals surface area contributed by atoms with Gasteiger partial charge in [-0.1, -0.05) is 44.2 Å². The van der Waals surface area contributed by atoms with Gasteiger partial charge in [0.15, 0.2) is 0 Å². The summed E-state index contributed by atoms with van der Waals surface area (Å²) in [6.07, 6.45) is 2.58. The van der Waals surface area contributed by atoms with Crippen LogP contribution in [0.25, 0.3) is 0 Å². The number of amides is 1. The van der Waals surface area contributed by atoms with Crippen LogP contribution in [-0.4, -0.2) is 17.4 Å². The molecule has 1 amide bonds. The van der Waals surface area contributed by atoms with Crippen LogP contribution in [0.4, 0.5) is 10.7 Å². The van der Waals surface area contributed by atoms with Gasteiger partial charge in [0.25, 0.3) is 0 Å². The number of carbonyl (C=O) groups is 1. The molecule has 3 aromatic rings. The highest BCUT2D eigenvalue weighted by Crippen LogP contribution is 2.40. The molecule has 1 aliphatic heterocycles. The number of carbonyl (C=O) groups excluding carboxylic acids is 1. The molecule has 2 aromatic carbocycles. The SMILES string of the molecule is CCC(CC)C(=O)Nc1sc2c(c1N)CCN(Cc1cccc(Oc3ccccc3)c1)C2. The highest BCUT2D eigenvalue weighted by Gasteiger charge is 2.25. The third-order valence-corrected chi connectivity index (χ3v) is 7.20. The molecule has 0 unspecified atom stereocenters. The van der Waals surface area contributed by atoms with Gasteiger partial charge in [-0.3, -0.25) is 9.69 Å². The number of rotatable bonds is 8. The molecule has 0 saturated carbocycles. The first-order valence-electron chi connectivity index (χ1n) is 11.3. The van der Waals surface area contributed by atoms with E-state index in [0.717, 1.165) is 61.1 Å². The average molecular weight is 450 g/mol. The van der Waals surface area contributed by atoms with E-state index >= 15 is 0 Å². The molecule has 5 nitrogen and oxygen atoms in total. The van der Waals surface area contributed by atoms with E-state index in [1.54, 1.807) is 11.3 Å². The lowest BCUT2D eigenvalue weighted by Gasteiger charge is -2.27. The van der Waals surface area contributed by atoms with E-state index in [9.17, 15) is 4.79 Å². The number of nitrogens with zero attached hydrogens (tertiary/aromatic N) is 1. The van der Waals surface area contributed by atoms with Gasteiger partial charge in [0, 0.05) is 30.4 Å². The molecule has 0 radical (unpaired) electrons. The number of hydrogen-bond donors (Lipinski definition) is 2. The minimum Gasteiger partial charge on any atom is -0.457 e. The van der Waals surface area contributed by atoms with Gasteiger partial charge < -0.3 is 15.8 Å². The van der Waals surface area contributed by atoms with Crippen molar-refractivity contribution in [2.24, 2.45) is 5.92 Å². The van der Waals surface area contributed by atoms with Gasteiger partial charge in [-0.05, 0) is 54.7 Å². The van der Waals surface area contributed by atoms with Crippen molar-refractivity contribution in [1.29, 1.82) is 0 Å².